The van der Waals surface area contributed by atoms with E-state index in [1.54, 1.807) is 23.5 Å². The van der Waals surface area contributed by atoms with Gasteiger partial charge < -0.3 is 5.32 Å². The monoisotopic (exact) mass is 250 g/mol. The second-order valence-corrected chi connectivity index (χ2v) is 5.45. The molecule has 2 nitrogen and oxygen atoms in total. The van der Waals surface area contributed by atoms with Gasteiger partial charge in [0.1, 0.15) is 5.82 Å². The third-order valence-electron chi connectivity index (χ3n) is 2.58. The summed E-state index contributed by atoms with van der Waals surface area (Å²) < 4.78 is 12.8. The molecule has 0 aliphatic carbocycles. The van der Waals surface area contributed by atoms with E-state index in [4.69, 9.17) is 0 Å². The Balaban J connectivity index is 2.14. The first kappa shape index (κ1) is 12.0. The van der Waals surface area contributed by atoms with E-state index in [0.717, 1.165) is 16.4 Å². The first-order valence-corrected chi connectivity index (χ1v) is 6.34. The van der Waals surface area contributed by atoms with Gasteiger partial charge in [-0.1, -0.05) is 0 Å². The van der Waals surface area contributed by atoms with Gasteiger partial charge in [-0.3, -0.25) is 0 Å². The first-order valence-electron chi connectivity index (χ1n) is 5.52. The van der Waals surface area contributed by atoms with Crippen LogP contribution < -0.4 is 5.32 Å². The van der Waals surface area contributed by atoms with Crippen LogP contribution in [0.4, 0.5) is 10.1 Å². The molecule has 0 spiro atoms. The van der Waals surface area contributed by atoms with E-state index in [9.17, 15) is 4.39 Å². The number of hydrogen-bond donors (Lipinski definition) is 1. The summed E-state index contributed by atoms with van der Waals surface area (Å²) in [6, 6.07) is 6.51. The van der Waals surface area contributed by atoms with E-state index in [1.165, 1.54) is 17.0 Å². The summed E-state index contributed by atoms with van der Waals surface area (Å²) in [6.07, 6.45) is 0. The minimum Gasteiger partial charge on any atom is -0.377 e. The summed E-state index contributed by atoms with van der Waals surface area (Å²) in [6.45, 7) is 6.14. The summed E-state index contributed by atoms with van der Waals surface area (Å²) in [5.41, 5.74) is 1.97. The molecule has 0 bridgehead atoms. The van der Waals surface area contributed by atoms with Crippen molar-refractivity contribution >= 4 is 17.0 Å². The Morgan fingerprint density at radius 1 is 1.24 bits per heavy atom. The Morgan fingerprint density at radius 2 is 1.88 bits per heavy atom. The molecular formula is C13H15FN2S. The zero-order valence-electron chi connectivity index (χ0n) is 10.1. The van der Waals surface area contributed by atoms with E-state index >= 15 is 0 Å². The zero-order chi connectivity index (χ0) is 12.4. The van der Waals surface area contributed by atoms with E-state index < -0.39 is 0 Å². The summed E-state index contributed by atoms with van der Waals surface area (Å²) in [5.74, 6) is -0.219. The minimum atomic E-state index is -0.219. The van der Waals surface area contributed by atoms with Crippen LogP contribution >= 0.6 is 11.3 Å². The maximum Gasteiger partial charge on any atom is 0.123 e. The number of benzene rings is 1. The second kappa shape index (κ2) is 4.84. The van der Waals surface area contributed by atoms with Gasteiger partial charge in [0, 0.05) is 10.6 Å². The molecule has 1 aromatic carbocycles. The van der Waals surface area contributed by atoms with Crippen LogP contribution in [0.1, 0.15) is 28.5 Å². The number of nitrogens with one attached hydrogen (secondary N) is 1. The molecule has 0 radical (unpaired) electrons. The van der Waals surface area contributed by atoms with Crippen LogP contribution in [0, 0.1) is 19.7 Å². The third kappa shape index (κ3) is 2.82. The first-order chi connectivity index (χ1) is 8.06. The van der Waals surface area contributed by atoms with Gasteiger partial charge in [0.05, 0.1) is 16.7 Å². The van der Waals surface area contributed by atoms with Gasteiger partial charge >= 0.3 is 0 Å². The molecule has 0 saturated heterocycles. The lowest BCUT2D eigenvalue weighted by Gasteiger charge is -2.14. The smallest absolute Gasteiger partial charge is 0.123 e. The molecule has 0 amide bonds. The molecular weight excluding hydrogens is 235 g/mol. The molecule has 0 fully saturated rings. The molecule has 0 aliphatic rings. The lowest BCUT2D eigenvalue weighted by Crippen LogP contribution is -2.08. The normalized spacial score (nSPS) is 12.5. The molecule has 1 aromatic heterocycles. The van der Waals surface area contributed by atoms with Gasteiger partial charge in [0.15, 0.2) is 0 Å². The predicted octanol–water partition coefficient (Wildman–Crippen LogP) is 4.07. The fraction of sp³-hybridized carbons (Fsp3) is 0.308. The van der Waals surface area contributed by atoms with Crippen molar-refractivity contribution in [1.82, 2.24) is 4.98 Å². The number of thiazole rings is 1. The predicted molar refractivity (Wildman–Crippen MR) is 70.0 cm³/mol. The highest BCUT2D eigenvalue weighted by molar-refractivity contribution is 7.11. The van der Waals surface area contributed by atoms with Crippen LogP contribution in [-0.2, 0) is 0 Å². The fourth-order valence-corrected chi connectivity index (χ4v) is 2.73. The maximum absolute atomic E-state index is 12.8. The average Bonchev–Trinajstić information content (AvgIpc) is 2.61. The number of anilines is 1. The molecule has 1 N–H and O–H groups in total. The van der Waals surface area contributed by atoms with Gasteiger partial charge in [-0.25, -0.2) is 9.37 Å². The summed E-state index contributed by atoms with van der Waals surface area (Å²) in [4.78, 5) is 5.73. The Bertz CT molecular complexity index is 505. The second-order valence-electron chi connectivity index (χ2n) is 4.05. The van der Waals surface area contributed by atoms with Crippen molar-refractivity contribution in [2.45, 2.75) is 26.8 Å². The van der Waals surface area contributed by atoms with Crippen molar-refractivity contribution in [3.63, 3.8) is 0 Å². The highest BCUT2D eigenvalue weighted by atomic mass is 32.1. The van der Waals surface area contributed by atoms with Crippen LogP contribution in [0.15, 0.2) is 24.3 Å². The summed E-state index contributed by atoms with van der Waals surface area (Å²) in [7, 11) is 0. The summed E-state index contributed by atoms with van der Waals surface area (Å²) >= 11 is 1.70. The van der Waals surface area contributed by atoms with Crippen LogP contribution in [0.2, 0.25) is 0 Å². The Morgan fingerprint density at radius 3 is 2.41 bits per heavy atom. The molecule has 0 saturated carbocycles. The largest absolute Gasteiger partial charge is 0.377 e. The molecule has 17 heavy (non-hydrogen) atoms. The topological polar surface area (TPSA) is 24.9 Å². The van der Waals surface area contributed by atoms with Crippen LogP contribution in [0.3, 0.4) is 0 Å². The number of nitrogens with zero attached hydrogens (tertiary/aromatic N) is 1. The van der Waals surface area contributed by atoms with E-state index in [0.29, 0.717) is 0 Å². The van der Waals surface area contributed by atoms with Crippen molar-refractivity contribution in [2.24, 2.45) is 0 Å². The average molecular weight is 250 g/mol. The highest BCUT2D eigenvalue weighted by Crippen LogP contribution is 2.25. The minimum absolute atomic E-state index is 0.130. The van der Waals surface area contributed by atoms with Gasteiger partial charge in [-0.2, -0.15) is 0 Å². The molecule has 2 aromatic rings. The van der Waals surface area contributed by atoms with Crippen LogP contribution in [-0.4, -0.2) is 4.98 Å². The molecule has 4 heteroatoms. The van der Waals surface area contributed by atoms with Gasteiger partial charge in [0.2, 0.25) is 0 Å². The third-order valence-corrected chi connectivity index (χ3v) is 3.48. The molecule has 90 valence electrons. The van der Waals surface area contributed by atoms with Crippen molar-refractivity contribution in [3.8, 4) is 0 Å². The molecule has 1 unspecified atom stereocenters. The number of hydrogen-bond acceptors (Lipinski definition) is 3. The van der Waals surface area contributed by atoms with E-state index in [-0.39, 0.29) is 11.9 Å². The van der Waals surface area contributed by atoms with Crippen molar-refractivity contribution in [2.75, 3.05) is 5.32 Å². The van der Waals surface area contributed by atoms with Crippen LogP contribution in [0.5, 0.6) is 0 Å². The van der Waals surface area contributed by atoms with Gasteiger partial charge in [0.25, 0.3) is 0 Å². The molecule has 1 heterocycles. The lowest BCUT2D eigenvalue weighted by atomic mass is 10.2. The van der Waals surface area contributed by atoms with Gasteiger partial charge in [-0.05, 0) is 45.0 Å². The Hall–Kier alpha value is -1.42. The van der Waals surface area contributed by atoms with Crippen molar-refractivity contribution in [1.29, 1.82) is 0 Å². The van der Waals surface area contributed by atoms with Crippen molar-refractivity contribution in [3.05, 3.63) is 45.7 Å². The van der Waals surface area contributed by atoms with Crippen LogP contribution in [0.25, 0.3) is 0 Å². The molecule has 0 aliphatic heterocycles. The Kier molecular flexibility index (Phi) is 3.43. The molecule has 1 atom stereocenters. The van der Waals surface area contributed by atoms with Crippen molar-refractivity contribution < 1.29 is 4.39 Å². The number of aryl methyl sites for hydroxylation is 2. The SMILES string of the molecule is Cc1nc(C(C)Nc2ccc(F)cc2)c(C)s1. The number of aromatic nitrogens is 1. The number of rotatable bonds is 3. The zero-order valence-corrected chi connectivity index (χ0v) is 10.9. The standard InChI is InChI=1S/C13H15FN2S/c1-8(13-9(2)17-10(3)16-13)15-12-6-4-11(14)5-7-12/h4-8,15H,1-3H3. The Labute approximate surface area is 105 Å². The fourth-order valence-electron chi connectivity index (χ4n) is 1.81. The highest BCUT2D eigenvalue weighted by Gasteiger charge is 2.12. The lowest BCUT2D eigenvalue weighted by molar-refractivity contribution is 0.628. The quantitative estimate of drug-likeness (QED) is 0.888. The maximum atomic E-state index is 12.8. The summed E-state index contributed by atoms with van der Waals surface area (Å²) in [5, 5.41) is 4.39. The van der Waals surface area contributed by atoms with E-state index in [1.807, 2.05) is 6.92 Å². The van der Waals surface area contributed by atoms with E-state index in [2.05, 4.69) is 24.1 Å². The number of halogens is 1. The molecule has 2 rings (SSSR count). The van der Waals surface area contributed by atoms with Gasteiger partial charge in [-0.15, -0.1) is 11.3 Å².